The van der Waals surface area contributed by atoms with Gasteiger partial charge in [-0.3, -0.25) is 4.79 Å². The summed E-state index contributed by atoms with van der Waals surface area (Å²) >= 11 is 0. The Bertz CT molecular complexity index is 1090. The molecule has 4 aliphatic heterocycles. The van der Waals surface area contributed by atoms with Gasteiger partial charge in [0.25, 0.3) is 0 Å². The van der Waals surface area contributed by atoms with Gasteiger partial charge in [0.15, 0.2) is 5.79 Å². The third kappa shape index (κ3) is 5.65. The van der Waals surface area contributed by atoms with Crippen LogP contribution in [0.25, 0.3) is 0 Å². The van der Waals surface area contributed by atoms with Crippen LogP contribution in [0.4, 0.5) is 0 Å². The van der Waals surface area contributed by atoms with Crippen LogP contribution in [0, 0.1) is 23.7 Å². The number of ether oxygens (including phenoxy) is 4. The summed E-state index contributed by atoms with van der Waals surface area (Å²) in [5.74, 6) is -1.22. The van der Waals surface area contributed by atoms with Crippen molar-refractivity contribution in [3.8, 4) is 0 Å². The topological polar surface area (TPSA) is 94.5 Å². The maximum Gasteiger partial charge on any atom is 0.316 e. The number of hydrogen-bond donors (Lipinski definition) is 2. The van der Waals surface area contributed by atoms with Gasteiger partial charge < -0.3 is 29.2 Å². The second kappa shape index (κ2) is 11.5. The minimum atomic E-state index is -1.68. The molecule has 0 aromatic heterocycles. The van der Waals surface area contributed by atoms with Crippen molar-refractivity contribution < 1.29 is 34.0 Å². The van der Waals surface area contributed by atoms with Gasteiger partial charge in [-0.05, 0) is 62.0 Å². The molecule has 222 valence electrons. The highest BCUT2D eigenvalue weighted by Crippen LogP contribution is 2.47. The second-order valence-electron chi connectivity index (χ2n) is 13.4. The molecule has 7 heteroatoms. The molecule has 4 heterocycles. The van der Waals surface area contributed by atoms with Crippen LogP contribution in [0.1, 0.15) is 80.1 Å². The SMILES string of the molecule is CC1=CC2C(=O)O[C@H]3CC(C/C=C(\C)C[C@@H](C)/C=C/C=C4\CO[C@H]([C@@H]1O)[C@@]42O)O[C@@]1(CC[C@H](C)[C@@H](C(C)C)O1)C3. The van der Waals surface area contributed by atoms with Crippen molar-refractivity contribution in [2.24, 2.45) is 23.7 Å². The van der Waals surface area contributed by atoms with E-state index in [-0.39, 0.29) is 24.7 Å². The lowest BCUT2D eigenvalue weighted by molar-refractivity contribution is -0.340. The minimum Gasteiger partial charge on any atom is -0.462 e. The van der Waals surface area contributed by atoms with Gasteiger partial charge in [0.1, 0.15) is 29.8 Å². The number of allylic oxidation sites excluding steroid dienone is 4. The molecule has 0 amide bonds. The lowest BCUT2D eigenvalue weighted by Crippen LogP contribution is -2.58. The van der Waals surface area contributed by atoms with Gasteiger partial charge in [-0.2, -0.15) is 0 Å². The molecule has 3 fully saturated rings. The van der Waals surface area contributed by atoms with Crippen LogP contribution in [0.2, 0.25) is 0 Å². The number of rotatable bonds is 1. The summed E-state index contributed by atoms with van der Waals surface area (Å²) in [6, 6.07) is 0. The van der Waals surface area contributed by atoms with Crippen molar-refractivity contribution in [2.75, 3.05) is 6.61 Å². The average Bonchev–Trinajstić information content (AvgIpc) is 3.23. The van der Waals surface area contributed by atoms with Crippen LogP contribution in [-0.2, 0) is 23.7 Å². The zero-order valence-electron chi connectivity index (χ0n) is 25.0. The highest BCUT2D eigenvalue weighted by Gasteiger charge is 2.60. The van der Waals surface area contributed by atoms with Gasteiger partial charge in [0.05, 0.1) is 18.8 Å². The predicted molar refractivity (Wildman–Crippen MR) is 152 cm³/mol. The van der Waals surface area contributed by atoms with E-state index in [1.165, 1.54) is 5.57 Å². The maximum atomic E-state index is 13.9. The van der Waals surface area contributed by atoms with Gasteiger partial charge in [-0.15, -0.1) is 0 Å². The monoisotopic (exact) mass is 556 g/mol. The highest BCUT2D eigenvalue weighted by atomic mass is 16.7. The van der Waals surface area contributed by atoms with E-state index in [2.05, 4.69) is 46.8 Å². The zero-order chi connectivity index (χ0) is 28.8. The average molecular weight is 557 g/mol. The fraction of sp³-hybridized carbons (Fsp3) is 0.727. The van der Waals surface area contributed by atoms with Crippen molar-refractivity contribution in [2.45, 2.75) is 122 Å². The van der Waals surface area contributed by atoms with E-state index in [0.29, 0.717) is 35.8 Å². The second-order valence-corrected chi connectivity index (χ2v) is 13.4. The lowest BCUT2D eigenvalue weighted by Gasteiger charge is -2.50. The number of carbonyl (C=O) groups excluding carboxylic acids is 1. The molecule has 0 radical (unpaired) electrons. The van der Waals surface area contributed by atoms with E-state index >= 15 is 0 Å². The van der Waals surface area contributed by atoms with E-state index in [0.717, 1.165) is 25.7 Å². The predicted octanol–water partition coefficient (Wildman–Crippen LogP) is 5.17. The lowest BCUT2D eigenvalue weighted by atomic mass is 9.71. The Kier molecular flexibility index (Phi) is 8.53. The summed E-state index contributed by atoms with van der Waals surface area (Å²) in [4.78, 5) is 13.9. The van der Waals surface area contributed by atoms with E-state index in [1.54, 1.807) is 13.0 Å². The normalized spacial score (nSPS) is 47.9. The Morgan fingerprint density at radius 2 is 1.90 bits per heavy atom. The molecule has 0 saturated carbocycles. The van der Waals surface area contributed by atoms with Crippen molar-refractivity contribution in [3.05, 3.63) is 47.1 Å². The molecule has 2 bridgehead atoms. The van der Waals surface area contributed by atoms with Crippen LogP contribution in [0.5, 0.6) is 0 Å². The zero-order valence-corrected chi connectivity index (χ0v) is 25.0. The standard InChI is InChI=1S/C33H48O7/c1-19(2)29-22(5)12-13-32(40-29)17-26-16-25(39-32)11-10-21(4)14-20(3)8-7-9-24-18-37-30-28(34)23(6)15-27(31(35)38-26)33(24,30)36/h7-10,15,19-20,22,25-30,34,36H,11-14,16-18H2,1-6H3/b8-7+,21-10+,24-9+/t20-,22-,25?,26-,27?,28+,29+,30+,32+,33+/m0/s1. The fourth-order valence-electron chi connectivity index (χ4n) is 7.48. The molecule has 0 aromatic carbocycles. The Labute approximate surface area is 239 Å². The molecule has 1 spiro atoms. The Morgan fingerprint density at radius 1 is 1.12 bits per heavy atom. The molecule has 5 rings (SSSR count). The van der Waals surface area contributed by atoms with Crippen molar-refractivity contribution in [1.29, 1.82) is 0 Å². The van der Waals surface area contributed by atoms with Crippen molar-refractivity contribution in [3.63, 3.8) is 0 Å². The highest BCUT2D eigenvalue weighted by molar-refractivity contribution is 5.78. The molecule has 10 atom stereocenters. The number of aliphatic hydroxyl groups excluding tert-OH is 1. The first-order valence-electron chi connectivity index (χ1n) is 15.2. The molecule has 0 aromatic rings. The van der Waals surface area contributed by atoms with E-state index in [4.69, 9.17) is 18.9 Å². The summed E-state index contributed by atoms with van der Waals surface area (Å²) in [5, 5.41) is 22.9. The van der Waals surface area contributed by atoms with Crippen LogP contribution in [0.15, 0.2) is 47.1 Å². The third-order valence-corrected chi connectivity index (χ3v) is 9.67. The number of fused-ring (bicyclic) bond motifs is 2. The van der Waals surface area contributed by atoms with Gasteiger partial charge in [-0.1, -0.05) is 63.6 Å². The first-order valence-corrected chi connectivity index (χ1v) is 15.2. The maximum absolute atomic E-state index is 13.9. The Balaban J connectivity index is 1.51. The van der Waals surface area contributed by atoms with E-state index in [1.807, 2.05) is 12.2 Å². The van der Waals surface area contributed by atoms with E-state index in [9.17, 15) is 15.0 Å². The van der Waals surface area contributed by atoms with Gasteiger partial charge in [0.2, 0.25) is 0 Å². The Morgan fingerprint density at radius 3 is 2.65 bits per heavy atom. The van der Waals surface area contributed by atoms with Gasteiger partial charge in [0, 0.05) is 19.3 Å². The number of aliphatic hydroxyl groups is 2. The van der Waals surface area contributed by atoms with Gasteiger partial charge in [-0.25, -0.2) is 0 Å². The molecule has 2 unspecified atom stereocenters. The molecule has 1 aliphatic carbocycles. The van der Waals surface area contributed by atoms with E-state index < -0.39 is 41.6 Å². The molecule has 7 nitrogen and oxygen atoms in total. The van der Waals surface area contributed by atoms with Crippen LogP contribution < -0.4 is 0 Å². The molecule has 2 N–H and O–H groups in total. The molecular weight excluding hydrogens is 508 g/mol. The number of hydrogen-bond acceptors (Lipinski definition) is 7. The van der Waals surface area contributed by atoms with Crippen LogP contribution >= 0.6 is 0 Å². The summed E-state index contributed by atoms with van der Waals surface area (Å²) < 4.78 is 25.6. The summed E-state index contributed by atoms with van der Waals surface area (Å²) in [7, 11) is 0. The number of esters is 1. The number of carbonyl (C=O) groups is 1. The molecule has 40 heavy (non-hydrogen) atoms. The smallest absolute Gasteiger partial charge is 0.316 e. The van der Waals surface area contributed by atoms with Crippen LogP contribution in [0.3, 0.4) is 0 Å². The summed E-state index contributed by atoms with van der Waals surface area (Å²) in [5.41, 5.74) is 0.780. The molecule has 5 aliphatic rings. The first-order chi connectivity index (χ1) is 18.9. The fourth-order valence-corrected chi connectivity index (χ4v) is 7.48. The molecular formula is C33H48O7. The van der Waals surface area contributed by atoms with Gasteiger partial charge >= 0.3 is 5.97 Å². The Hall–Kier alpha value is -1.77. The summed E-state index contributed by atoms with van der Waals surface area (Å²) in [6.45, 7) is 12.8. The largest absolute Gasteiger partial charge is 0.462 e. The summed E-state index contributed by atoms with van der Waals surface area (Å²) in [6.07, 6.45) is 11.8. The minimum absolute atomic E-state index is 0.0712. The first kappa shape index (κ1) is 29.7. The third-order valence-electron chi connectivity index (χ3n) is 9.67. The quantitative estimate of drug-likeness (QED) is 0.340. The molecule has 3 saturated heterocycles. The van der Waals surface area contributed by atoms with Crippen molar-refractivity contribution in [1.82, 2.24) is 0 Å². The van der Waals surface area contributed by atoms with Crippen molar-refractivity contribution >= 4 is 5.97 Å². The van der Waals surface area contributed by atoms with Crippen LogP contribution in [-0.4, -0.2) is 64.7 Å².